The van der Waals surface area contributed by atoms with Crippen LogP contribution in [0.3, 0.4) is 0 Å². The van der Waals surface area contributed by atoms with Gasteiger partial charge in [-0.05, 0) is 44.0 Å². The van der Waals surface area contributed by atoms with Gasteiger partial charge in [0.1, 0.15) is 24.0 Å². The average Bonchev–Trinajstić information content (AvgIpc) is 3.24. The summed E-state index contributed by atoms with van der Waals surface area (Å²) in [5, 5.41) is 6.68. The molecule has 178 valence electrons. The highest BCUT2D eigenvalue weighted by molar-refractivity contribution is 14.0. The van der Waals surface area contributed by atoms with Gasteiger partial charge >= 0.3 is 0 Å². The molecule has 1 aromatic carbocycles. The lowest BCUT2D eigenvalue weighted by Crippen LogP contribution is -2.36. The zero-order valence-corrected chi connectivity index (χ0v) is 22.0. The number of halogens is 1. The van der Waals surface area contributed by atoms with E-state index < -0.39 is 0 Å². The van der Waals surface area contributed by atoms with Crippen molar-refractivity contribution in [3.63, 3.8) is 0 Å². The molecule has 3 rings (SSSR count). The van der Waals surface area contributed by atoms with E-state index in [1.54, 1.807) is 13.2 Å². The van der Waals surface area contributed by atoms with Gasteiger partial charge in [0.25, 0.3) is 0 Å². The number of guanidine groups is 1. The van der Waals surface area contributed by atoms with E-state index in [9.17, 15) is 0 Å². The van der Waals surface area contributed by atoms with Gasteiger partial charge in [-0.2, -0.15) is 0 Å². The zero-order valence-electron chi connectivity index (χ0n) is 19.7. The molecule has 2 N–H and O–H groups in total. The number of hydrogen-bond donors (Lipinski definition) is 2. The fraction of sp³-hybridized carbons (Fsp3) is 0.375. The van der Waals surface area contributed by atoms with Crippen LogP contribution in [0, 0.1) is 13.8 Å². The van der Waals surface area contributed by atoms with Crippen LogP contribution in [0.25, 0.3) is 5.82 Å². The van der Waals surface area contributed by atoms with Gasteiger partial charge in [-0.1, -0.05) is 18.2 Å². The number of ether oxygens (including phenoxy) is 2. The lowest BCUT2D eigenvalue weighted by molar-refractivity contribution is 0.110. The molecule has 0 atom stereocenters. The van der Waals surface area contributed by atoms with Gasteiger partial charge < -0.3 is 20.1 Å². The van der Waals surface area contributed by atoms with Crippen LogP contribution >= 0.6 is 24.0 Å². The third-order valence-corrected chi connectivity index (χ3v) is 4.92. The molecule has 0 fully saturated rings. The highest BCUT2D eigenvalue weighted by Gasteiger charge is 2.07. The van der Waals surface area contributed by atoms with Crippen molar-refractivity contribution in [1.82, 2.24) is 25.2 Å². The van der Waals surface area contributed by atoms with Crippen LogP contribution in [0.5, 0.6) is 5.75 Å². The van der Waals surface area contributed by atoms with Gasteiger partial charge in [-0.25, -0.2) is 9.97 Å². The van der Waals surface area contributed by atoms with Crippen molar-refractivity contribution >= 4 is 29.9 Å². The van der Waals surface area contributed by atoms with Crippen LogP contribution in [-0.4, -0.2) is 47.4 Å². The third kappa shape index (κ3) is 8.01. The molecule has 33 heavy (non-hydrogen) atoms. The molecule has 9 heteroatoms. The number of rotatable bonds is 10. The summed E-state index contributed by atoms with van der Waals surface area (Å²) in [6, 6.07) is 10.2. The maximum absolute atomic E-state index is 5.93. The van der Waals surface area contributed by atoms with Gasteiger partial charge in [0.05, 0.1) is 6.61 Å². The van der Waals surface area contributed by atoms with Gasteiger partial charge in [0.2, 0.25) is 0 Å². The van der Waals surface area contributed by atoms with Crippen molar-refractivity contribution in [2.45, 2.75) is 33.9 Å². The van der Waals surface area contributed by atoms with Gasteiger partial charge in [0, 0.05) is 50.9 Å². The summed E-state index contributed by atoms with van der Waals surface area (Å²) >= 11 is 0. The number of aliphatic imine (C=N–C) groups is 1. The largest absolute Gasteiger partial charge is 0.491 e. The Kier molecular flexibility index (Phi) is 11.1. The smallest absolute Gasteiger partial charge is 0.191 e. The topological polar surface area (TPSA) is 85.6 Å². The summed E-state index contributed by atoms with van der Waals surface area (Å²) in [4.78, 5) is 13.1. The lowest BCUT2D eigenvalue weighted by atomic mass is 10.1. The van der Waals surface area contributed by atoms with Crippen LogP contribution in [-0.2, 0) is 17.8 Å². The Morgan fingerprint density at radius 1 is 1.06 bits per heavy atom. The monoisotopic (exact) mass is 564 g/mol. The SMILES string of the molecule is CCOCCOc1cc(C)ccc1CNC(=NC)NCc1ccc(-n2ccnc2C)nc1.I. The van der Waals surface area contributed by atoms with Crippen molar-refractivity contribution in [1.29, 1.82) is 0 Å². The summed E-state index contributed by atoms with van der Waals surface area (Å²) in [6.07, 6.45) is 5.53. The van der Waals surface area contributed by atoms with E-state index >= 15 is 0 Å². The predicted molar refractivity (Wildman–Crippen MR) is 142 cm³/mol. The predicted octanol–water partition coefficient (Wildman–Crippen LogP) is 3.78. The first kappa shape index (κ1) is 26.6. The molecule has 0 saturated carbocycles. The van der Waals surface area contributed by atoms with Crippen LogP contribution in [0.1, 0.15) is 29.4 Å². The summed E-state index contributed by atoms with van der Waals surface area (Å²) in [7, 11) is 1.76. The zero-order chi connectivity index (χ0) is 22.8. The lowest BCUT2D eigenvalue weighted by Gasteiger charge is -2.15. The van der Waals surface area contributed by atoms with E-state index in [-0.39, 0.29) is 24.0 Å². The molecule has 8 nitrogen and oxygen atoms in total. The average molecular weight is 564 g/mol. The first-order valence-electron chi connectivity index (χ1n) is 10.8. The Labute approximate surface area is 212 Å². The minimum Gasteiger partial charge on any atom is -0.491 e. The van der Waals surface area contributed by atoms with E-state index in [1.807, 2.05) is 49.0 Å². The Morgan fingerprint density at radius 3 is 2.55 bits per heavy atom. The van der Waals surface area contributed by atoms with E-state index in [0.717, 1.165) is 34.1 Å². The van der Waals surface area contributed by atoms with E-state index in [1.165, 1.54) is 0 Å². The second kappa shape index (κ2) is 13.8. The standard InChI is InChI=1S/C24H32N6O2.HI/c1-5-31-12-13-32-22-14-18(2)6-8-21(22)17-29-24(25-4)28-16-20-7-9-23(27-15-20)30-11-10-26-19(30)3;/h6-11,14-15H,5,12-13,16-17H2,1-4H3,(H2,25,28,29);1H. The molecule has 3 aromatic rings. The number of aryl methyl sites for hydroxylation is 2. The van der Waals surface area contributed by atoms with E-state index in [0.29, 0.717) is 38.9 Å². The second-order valence-electron chi connectivity index (χ2n) is 7.30. The van der Waals surface area contributed by atoms with Crippen molar-refractivity contribution < 1.29 is 9.47 Å². The Bertz CT molecular complexity index is 1020. The maximum atomic E-state index is 5.93. The quantitative estimate of drug-likeness (QED) is 0.169. The van der Waals surface area contributed by atoms with Crippen LogP contribution in [0.15, 0.2) is 53.9 Å². The molecule has 0 bridgehead atoms. The molecule has 2 heterocycles. The number of benzene rings is 1. The molecule has 2 aromatic heterocycles. The summed E-state index contributed by atoms with van der Waals surface area (Å²) in [5.41, 5.74) is 3.28. The van der Waals surface area contributed by atoms with Crippen LogP contribution < -0.4 is 15.4 Å². The fourth-order valence-corrected chi connectivity index (χ4v) is 3.17. The highest BCUT2D eigenvalue weighted by Crippen LogP contribution is 2.20. The summed E-state index contributed by atoms with van der Waals surface area (Å²) in [5.74, 6) is 3.33. The van der Waals surface area contributed by atoms with Crippen molar-refractivity contribution in [3.8, 4) is 11.6 Å². The number of nitrogens with one attached hydrogen (secondary N) is 2. The molecule has 0 aliphatic heterocycles. The number of pyridine rings is 1. The summed E-state index contributed by atoms with van der Waals surface area (Å²) < 4.78 is 13.2. The molecule has 0 aliphatic rings. The van der Waals surface area contributed by atoms with E-state index in [2.05, 4.69) is 44.7 Å². The van der Waals surface area contributed by atoms with Crippen molar-refractivity contribution in [2.24, 2.45) is 4.99 Å². The van der Waals surface area contributed by atoms with Gasteiger partial charge in [0.15, 0.2) is 5.96 Å². The number of aromatic nitrogens is 3. The number of nitrogens with zero attached hydrogens (tertiary/aromatic N) is 4. The summed E-state index contributed by atoms with van der Waals surface area (Å²) in [6.45, 7) is 8.99. The van der Waals surface area contributed by atoms with Crippen molar-refractivity contribution in [2.75, 3.05) is 26.9 Å². The molecule has 0 amide bonds. The van der Waals surface area contributed by atoms with Crippen LogP contribution in [0.2, 0.25) is 0 Å². The van der Waals surface area contributed by atoms with Crippen molar-refractivity contribution in [3.05, 3.63) is 71.4 Å². The molecule has 0 spiro atoms. The van der Waals surface area contributed by atoms with Gasteiger partial charge in [-0.15, -0.1) is 24.0 Å². The molecule has 0 aliphatic carbocycles. The fourth-order valence-electron chi connectivity index (χ4n) is 3.17. The third-order valence-electron chi connectivity index (χ3n) is 4.92. The maximum Gasteiger partial charge on any atom is 0.191 e. The normalized spacial score (nSPS) is 11.1. The Balaban J connectivity index is 0.00000385. The second-order valence-corrected chi connectivity index (χ2v) is 7.30. The molecule has 0 radical (unpaired) electrons. The van der Waals surface area contributed by atoms with E-state index in [4.69, 9.17) is 9.47 Å². The van der Waals surface area contributed by atoms with Gasteiger partial charge in [-0.3, -0.25) is 9.56 Å². The van der Waals surface area contributed by atoms with Crippen LogP contribution in [0.4, 0.5) is 0 Å². The number of hydrogen-bond acceptors (Lipinski definition) is 5. The number of imidazole rings is 1. The molecule has 0 saturated heterocycles. The minimum atomic E-state index is 0. The first-order chi connectivity index (χ1) is 15.6. The molecule has 0 unspecified atom stereocenters. The molecular formula is C24H33IN6O2. The molecular weight excluding hydrogens is 531 g/mol. The minimum absolute atomic E-state index is 0. The Hall–Kier alpha value is -2.66. The Morgan fingerprint density at radius 2 is 1.88 bits per heavy atom. The first-order valence-corrected chi connectivity index (χ1v) is 10.8. The highest BCUT2D eigenvalue weighted by atomic mass is 127.